The average Bonchev–Trinajstić information content (AvgIpc) is 3.22. The molecule has 154 valence electrons. The molecule has 0 atom stereocenters. The molecule has 0 spiro atoms. The lowest BCUT2D eigenvalue weighted by Crippen LogP contribution is -1.98. The molecule has 2 N–H and O–H groups in total. The van der Waals surface area contributed by atoms with E-state index in [2.05, 4.69) is 15.5 Å². The van der Waals surface area contributed by atoms with Crippen LogP contribution in [0.25, 0.3) is 0 Å². The lowest BCUT2D eigenvalue weighted by atomic mass is 10.2. The Morgan fingerprint density at radius 3 is 2.77 bits per heavy atom. The van der Waals surface area contributed by atoms with Crippen molar-refractivity contribution in [1.82, 2.24) is 4.98 Å². The first kappa shape index (κ1) is 20.3. The van der Waals surface area contributed by atoms with E-state index in [9.17, 15) is 14.9 Å². The quantitative estimate of drug-likeness (QED) is 0.306. The molecule has 11 nitrogen and oxygen atoms in total. The van der Waals surface area contributed by atoms with E-state index in [1.165, 1.54) is 37.6 Å². The van der Waals surface area contributed by atoms with Crippen LogP contribution in [-0.2, 0) is 6.61 Å². The molecule has 2 aromatic heterocycles. The second kappa shape index (κ2) is 9.19. The molecular formula is C19H16N4O7. The fourth-order valence-corrected chi connectivity index (χ4v) is 2.34. The van der Waals surface area contributed by atoms with Crippen molar-refractivity contribution in [2.75, 3.05) is 12.5 Å². The summed E-state index contributed by atoms with van der Waals surface area (Å²) >= 11 is 0. The standard InChI is InChI=1S/C19H16N4O7/c1-28-17-8-12(9-21-22-18-7-3-13(10-20-18)23(26)27)2-5-15(17)29-11-14-4-6-16(30-14)19(24)25/h2-10H,11H2,1H3,(H,20,22)(H,24,25). The molecule has 0 radical (unpaired) electrons. The van der Waals surface area contributed by atoms with Crippen LogP contribution in [0.15, 0.2) is 58.2 Å². The number of pyridine rings is 1. The molecular weight excluding hydrogens is 396 g/mol. The van der Waals surface area contributed by atoms with E-state index in [0.717, 1.165) is 6.20 Å². The lowest BCUT2D eigenvalue weighted by Gasteiger charge is -2.10. The van der Waals surface area contributed by atoms with E-state index >= 15 is 0 Å². The number of anilines is 1. The molecule has 0 saturated heterocycles. The Morgan fingerprint density at radius 1 is 1.30 bits per heavy atom. The van der Waals surface area contributed by atoms with Crippen molar-refractivity contribution in [2.45, 2.75) is 6.61 Å². The van der Waals surface area contributed by atoms with Gasteiger partial charge in [0, 0.05) is 6.07 Å². The van der Waals surface area contributed by atoms with Crippen molar-refractivity contribution >= 4 is 23.7 Å². The summed E-state index contributed by atoms with van der Waals surface area (Å²) in [5.41, 5.74) is 3.25. The fourth-order valence-electron chi connectivity index (χ4n) is 2.34. The summed E-state index contributed by atoms with van der Waals surface area (Å²) < 4.78 is 16.1. The third-order valence-electron chi connectivity index (χ3n) is 3.78. The van der Waals surface area contributed by atoms with Crippen molar-refractivity contribution in [3.63, 3.8) is 0 Å². The van der Waals surface area contributed by atoms with Gasteiger partial charge in [0.2, 0.25) is 5.76 Å². The lowest BCUT2D eigenvalue weighted by molar-refractivity contribution is -0.385. The maximum atomic E-state index is 10.8. The van der Waals surface area contributed by atoms with Crippen LogP contribution in [0.1, 0.15) is 21.9 Å². The molecule has 0 aliphatic rings. The van der Waals surface area contributed by atoms with Gasteiger partial charge in [0.1, 0.15) is 24.4 Å². The number of nitrogens with zero attached hydrogens (tertiary/aromatic N) is 3. The topological polar surface area (TPSA) is 149 Å². The molecule has 0 fully saturated rings. The average molecular weight is 412 g/mol. The highest BCUT2D eigenvalue weighted by molar-refractivity contribution is 5.84. The summed E-state index contributed by atoms with van der Waals surface area (Å²) in [5, 5.41) is 23.5. The van der Waals surface area contributed by atoms with Gasteiger partial charge < -0.3 is 19.0 Å². The SMILES string of the molecule is COc1cc(C=NNc2ccc([N+](=O)[O-])cn2)ccc1OCc1ccc(C(=O)O)o1. The van der Waals surface area contributed by atoms with Gasteiger partial charge in [-0.3, -0.25) is 15.5 Å². The van der Waals surface area contributed by atoms with Crippen molar-refractivity contribution in [1.29, 1.82) is 0 Å². The summed E-state index contributed by atoms with van der Waals surface area (Å²) in [5.74, 6) is 0.273. The van der Waals surface area contributed by atoms with Crippen molar-refractivity contribution in [3.05, 3.63) is 75.9 Å². The van der Waals surface area contributed by atoms with Gasteiger partial charge in [0.15, 0.2) is 11.5 Å². The van der Waals surface area contributed by atoms with Crippen LogP contribution in [0.4, 0.5) is 11.5 Å². The van der Waals surface area contributed by atoms with Gasteiger partial charge in [-0.05, 0) is 42.0 Å². The summed E-state index contributed by atoms with van der Waals surface area (Å²) in [6.07, 6.45) is 2.65. The first-order valence-electron chi connectivity index (χ1n) is 8.48. The summed E-state index contributed by atoms with van der Waals surface area (Å²) in [6, 6.07) is 10.7. The molecule has 3 aromatic rings. The van der Waals surface area contributed by atoms with Crippen LogP contribution >= 0.6 is 0 Å². The van der Waals surface area contributed by atoms with Crippen molar-refractivity contribution in [3.8, 4) is 11.5 Å². The van der Waals surface area contributed by atoms with Gasteiger partial charge in [-0.2, -0.15) is 5.10 Å². The third kappa shape index (κ3) is 5.10. The van der Waals surface area contributed by atoms with Gasteiger partial charge in [0.25, 0.3) is 5.69 Å². The minimum Gasteiger partial charge on any atom is -0.493 e. The smallest absolute Gasteiger partial charge is 0.371 e. The number of carbonyl (C=O) groups is 1. The highest BCUT2D eigenvalue weighted by Crippen LogP contribution is 2.28. The van der Waals surface area contributed by atoms with E-state index in [1.807, 2.05) is 0 Å². The maximum absolute atomic E-state index is 10.8. The predicted octanol–water partition coefficient (Wildman–Crippen LogP) is 3.31. The number of aromatic carboxylic acids is 1. The molecule has 3 rings (SSSR count). The Kier molecular flexibility index (Phi) is 6.23. The fraction of sp³-hybridized carbons (Fsp3) is 0.105. The van der Waals surface area contributed by atoms with Crippen LogP contribution in [-0.4, -0.2) is 34.3 Å². The number of carboxylic acid groups (broad SMARTS) is 1. The zero-order valence-electron chi connectivity index (χ0n) is 15.6. The molecule has 0 saturated carbocycles. The van der Waals surface area contributed by atoms with Crippen LogP contribution in [0.2, 0.25) is 0 Å². The van der Waals surface area contributed by atoms with E-state index in [-0.39, 0.29) is 18.1 Å². The number of methoxy groups -OCH3 is 1. The molecule has 30 heavy (non-hydrogen) atoms. The second-order valence-electron chi connectivity index (χ2n) is 5.80. The highest BCUT2D eigenvalue weighted by Gasteiger charge is 2.11. The number of nitro groups is 1. The first-order chi connectivity index (χ1) is 14.5. The highest BCUT2D eigenvalue weighted by atomic mass is 16.6. The van der Waals surface area contributed by atoms with Gasteiger partial charge in [-0.1, -0.05) is 0 Å². The number of nitrogens with one attached hydrogen (secondary N) is 1. The van der Waals surface area contributed by atoms with Gasteiger partial charge >= 0.3 is 5.97 Å². The Morgan fingerprint density at radius 2 is 2.13 bits per heavy atom. The van der Waals surface area contributed by atoms with Crippen LogP contribution in [0.3, 0.4) is 0 Å². The van der Waals surface area contributed by atoms with E-state index in [1.54, 1.807) is 18.2 Å². The number of hydrogen-bond donors (Lipinski definition) is 2. The number of hydrogen-bond acceptors (Lipinski definition) is 9. The van der Waals surface area contributed by atoms with Gasteiger partial charge in [0.05, 0.1) is 18.2 Å². The van der Waals surface area contributed by atoms with E-state index in [4.69, 9.17) is 19.0 Å². The number of hydrazone groups is 1. The number of ether oxygens (including phenoxy) is 2. The minimum atomic E-state index is -1.15. The summed E-state index contributed by atoms with van der Waals surface area (Å²) in [4.78, 5) is 24.8. The number of aromatic nitrogens is 1. The van der Waals surface area contributed by atoms with Crippen molar-refractivity contribution in [2.24, 2.45) is 5.10 Å². The monoisotopic (exact) mass is 412 g/mol. The molecule has 2 heterocycles. The van der Waals surface area contributed by atoms with Gasteiger partial charge in [-0.25, -0.2) is 9.78 Å². The number of carboxylic acids is 1. The Hall–Kier alpha value is -4.41. The Bertz CT molecular complexity index is 1080. The third-order valence-corrected chi connectivity index (χ3v) is 3.78. The van der Waals surface area contributed by atoms with E-state index in [0.29, 0.717) is 28.6 Å². The van der Waals surface area contributed by atoms with Crippen LogP contribution in [0.5, 0.6) is 11.5 Å². The molecule has 0 amide bonds. The van der Waals surface area contributed by atoms with Crippen LogP contribution in [0, 0.1) is 10.1 Å². The molecule has 1 aromatic carbocycles. The predicted molar refractivity (Wildman–Crippen MR) is 105 cm³/mol. The summed E-state index contributed by atoms with van der Waals surface area (Å²) in [6.45, 7) is 0.0322. The first-order valence-corrected chi connectivity index (χ1v) is 8.48. The van der Waals surface area contributed by atoms with E-state index < -0.39 is 10.9 Å². The molecule has 0 aliphatic carbocycles. The zero-order chi connectivity index (χ0) is 21.5. The van der Waals surface area contributed by atoms with Crippen LogP contribution < -0.4 is 14.9 Å². The minimum absolute atomic E-state index is 0.0322. The number of rotatable bonds is 9. The Balaban J connectivity index is 1.62. The van der Waals surface area contributed by atoms with Gasteiger partial charge in [-0.15, -0.1) is 0 Å². The van der Waals surface area contributed by atoms with Crippen molar-refractivity contribution < 1.29 is 28.7 Å². The molecule has 0 bridgehead atoms. The zero-order valence-corrected chi connectivity index (χ0v) is 15.6. The Labute approximate surface area is 169 Å². The summed E-state index contributed by atoms with van der Waals surface area (Å²) in [7, 11) is 1.48. The molecule has 0 unspecified atom stereocenters. The molecule has 11 heteroatoms. The number of benzene rings is 1. The largest absolute Gasteiger partial charge is 0.493 e. The molecule has 0 aliphatic heterocycles. The normalized spacial score (nSPS) is 10.7. The second-order valence-corrected chi connectivity index (χ2v) is 5.80. The number of furan rings is 1. The maximum Gasteiger partial charge on any atom is 0.371 e.